The van der Waals surface area contributed by atoms with Crippen molar-refractivity contribution in [1.82, 2.24) is 0 Å². The van der Waals surface area contributed by atoms with E-state index in [9.17, 15) is 25.3 Å². The third kappa shape index (κ3) is 3.54. The van der Waals surface area contributed by atoms with Crippen LogP contribution in [0.3, 0.4) is 0 Å². The molecule has 22 heavy (non-hydrogen) atoms. The zero-order valence-corrected chi connectivity index (χ0v) is 10.9. The normalized spacial score (nSPS) is 11.3. The van der Waals surface area contributed by atoms with Crippen molar-refractivity contribution < 1.29 is 19.4 Å². The van der Waals surface area contributed by atoms with Gasteiger partial charge in [-0.1, -0.05) is 0 Å². The second-order valence-corrected chi connectivity index (χ2v) is 4.00. The number of furan rings is 1. The van der Waals surface area contributed by atoms with Gasteiger partial charge in [0.15, 0.2) is 0 Å². The molecule has 2 aromatic rings. The first-order valence-corrected chi connectivity index (χ1v) is 5.90. The van der Waals surface area contributed by atoms with Gasteiger partial charge >= 0.3 is 5.88 Å². The highest BCUT2D eigenvalue weighted by molar-refractivity contribution is 5.80. The monoisotopic (exact) mass is 303 g/mol. The summed E-state index contributed by atoms with van der Waals surface area (Å²) in [6.07, 6.45) is 4.21. The number of nitrogens with zero attached hydrogens (tertiary/aromatic N) is 3. The van der Waals surface area contributed by atoms with Crippen LogP contribution in [0.2, 0.25) is 0 Å². The van der Waals surface area contributed by atoms with Gasteiger partial charge in [0.05, 0.1) is 17.1 Å². The van der Waals surface area contributed by atoms with Gasteiger partial charge < -0.3 is 9.52 Å². The number of aliphatic imine (C=N–C) groups is 1. The van der Waals surface area contributed by atoms with Crippen molar-refractivity contribution in [3.63, 3.8) is 0 Å². The van der Waals surface area contributed by atoms with E-state index in [0.717, 1.165) is 6.07 Å². The van der Waals surface area contributed by atoms with Crippen LogP contribution >= 0.6 is 0 Å². The first-order chi connectivity index (χ1) is 10.5. The fraction of sp³-hybridized carbons (Fsp3) is 0. The van der Waals surface area contributed by atoms with Crippen LogP contribution in [0, 0.1) is 20.2 Å². The first-order valence-electron chi connectivity index (χ1n) is 5.90. The maximum Gasteiger partial charge on any atom is 0.433 e. The molecule has 0 aliphatic carbocycles. The predicted octanol–water partition coefficient (Wildman–Crippen LogP) is 3.22. The Kier molecular flexibility index (Phi) is 4.27. The molecule has 0 fully saturated rings. The minimum absolute atomic E-state index is 0.153. The Labute approximate surface area is 123 Å². The van der Waals surface area contributed by atoms with Crippen molar-refractivity contribution in [2.24, 2.45) is 4.99 Å². The molecule has 2 rings (SSSR count). The lowest BCUT2D eigenvalue weighted by molar-refractivity contribution is -0.402. The van der Waals surface area contributed by atoms with E-state index < -0.39 is 9.85 Å². The SMILES string of the molecule is O=[N+]([O-])c1ccc(N=C/C=C/c2ccc([N+](=O)[O-])o2)c(O)c1. The van der Waals surface area contributed by atoms with E-state index in [1.807, 2.05) is 0 Å². The highest BCUT2D eigenvalue weighted by atomic mass is 16.6. The summed E-state index contributed by atoms with van der Waals surface area (Å²) >= 11 is 0. The van der Waals surface area contributed by atoms with Gasteiger partial charge in [-0.05, 0) is 24.3 Å². The summed E-state index contributed by atoms with van der Waals surface area (Å²) in [5.74, 6) is -0.428. The van der Waals surface area contributed by atoms with Crippen molar-refractivity contribution >= 4 is 29.5 Å². The average molecular weight is 303 g/mol. The van der Waals surface area contributed by atoms with Crippen LogP contribution in [0.1, 0.15) is 5.76 Å². The molecule has 112 valence electrons. The fourth-order valence-electron chi connectivity index (χ4n) is 1.53. The van der Waals surface area contributed by atoms with E-state index in [2.05, 4.69) is 4.99 Å². The van der Waals surface area contributed by atoms with Crippen molar-refractivity contribution in [2.75, 3.05) is 0 Å². The molecule has 0 saturated heterocycles. The first kappa shape index (κ1) is 14.9. The van der Waals surface area contributed by atoms with Crippen LogP contribution in [0.5, 0.6) is 5.75 Å². The summed E-state index contributed by atoms with van der Waals surface area (Å²) in [7, 11) is 0. The molecule has 1 aromatic carbocycles. The predicted molar refractivity (Wildman–Crippen MR) is 77.3 cm³/mol. The molecule has 0 atom stereocenters. The average Bonchev–Trinajstić information content (AvgIpc) is 2.93. The standard InChI is InChI=1S/C13H9N3O6/c17-12-8-9(15(18)19)3-5-11(12)14-7-1-2-10-4-6-13(22-10)16(20)21/h1-8,17H/b2-1+,14-7?. The quantitative estimate of drug-likeness (QED) is 0.512. The summed E-state index contributed by atoms with van der Waals surface area (Å²) in [6.45, 7) is 0. The lowest BCUT2D eigenvalue weighted by atomic mass is 10.2. The van der Waals surface area contributed by atoms with Gasteiger partial charge in [-0.25, -0.2) is 0 Å². The van der Waals surface area contributed by atoms with E-state index in [1.165, 1.54) is 42.6 Å². The highest BCUT2D eigenvalue weighted by Gasteiger charge is 2.10. The molecule has 0 amide bonds. The Morgan fingerprint density at radius 2 is 1.91 bits per heavy atom. The molecule has 1 aromatic heterocycles. The molecular formula is C13H9N3O6. The molecule has 0 aliphatic rings. The van der Waals surface area contributed by atoms with Crippen molar-refractivity contribution in [1.29, 1.82) is 0 Å². The maximum atomic E-state index is 10.5. The van der Waals surface area contributed by atoms with Gasteiger partial charge in [0.25, 0.3) is 5.69 Å². The van der Waals surface area contributed by atoms with Crippen LogP contribution in [0.25, 0.3) is 6.08 Å². The zero-order chi connectivity index (χ0) is 16.1. The van der Waals surface area contributed by atoms with Gasteiger partial charge in [0, 0.05) is 12.3 Å². The van der Waals surface area contributed by atoms with Gasteiger partial charge in [-0.3, -0.25) is 25.2 Å². The number of phenols is 1. The van der Waals surface area contributed by atoms with Crippen LogP contribution in [0.4, 0.5) is 17.3 Å². The summed E-state index contributed by atoms with van der Waals surface area (Å²) in [5, 5.41) is 30.5. The Hall–Kier alpha value is -3.49. The highest BCUT2D eigenvalue weighted by Crippen LogP contribution is 2.29. The van der Waals surface area contributed by atoms with E-state index in [-0.39, 0.29) is 28.8 Å². The summed E-state index contributed by atoms with van der Waals surface area (Å²) in [4.78, 5) is 23.6. The third-order valence-corrected chi connectivity index (χ3v) is 2.52. The minimum Gasteiger partial charge on any atom is -0.505 e. The molecule has 0 radical (unpaired) electrons. The van der Waals surface area contributed by atoms with E-state index in [4.69, 9.17) is 4.42 Å². The molecule has 1 heterocycles. The van der Waals surface area contributed by atoms with Gasteiger partial charge in [0.1, 0.15) is 22.1 Å². The summed E-state index contributed by atoms with van der Waals surface area (Å²) in [5.41, 5.74) is -0.0874. The number of benzene rings is 1. The van der Waals surface area contributed by atoms with Crippen LogP contribution < -0.4 is 0 Å². The molecule has 0 aliphatic heterocycles. The number of nitro groups is 2. The van der Waals surface area contributed by atoms with Crippen molar-refractivity contribution in [3.05, 3.63) is 62.4 Å². The Morgan fingerprint density at radius 3 is 2.50 bits per heavy atom. The number of hydrogen-bond acceptors (Lipinski definition) is 7. The number of allylic oxidation sites excluding steroid dienone is 1. The largest absolute Gasteiger partial charge is 0.505 e. The van der Waals surface area contributed by atoms with Crippen molar-refractivity contribution in [2.45, 2.75) is 0 Å². The molecule has 9 heteroatoms. The minimum atomic E-state index is -0.652. The fourth-order valence-corrected chi connectivity index (χ4v) is 1.53. The second kappa shape index (κ2) is 6.31. The number of hydrogen-bond donors (Lipinski definition) is 1. The zero-order valence-electron chi connectivity index (χ0n) is 10.9. The second-order valence-electron chi connectivity index (χ2n) is 4.00. The smallest absolute Gasteiger partial charge is 0.433 e. The Morgan fingerprint density at radius 1 is 1.14 bits per heavy atom. The number of rotatable bonds is 5. The summed E-state index contributed by atoms with van der Waals surface area (Å²) < 4.78 is 4.89. The molecule has 9 nitrogen and oxygen atoms in total. The molecule has 0 spiro atoms. The third-order valence-electron chi connectivity index (χ3n) is 2.52. The molecule has 1 N–H and O–H groups in total. The van der Waals surface area contributed by atoms with E-state index >= 15 is 0 Å². The number of nitro benzene ring substituents is 1. The van der Waals surface area contributed by atoms with E-state index in [0.29, 0.717) is 0 Å². The van der Waals surface area contributed by atoms with Crippen LogP contribution in [-0.2, 0) is 0 Å². The van der Waals surface area contributed by atoms with Crippen LogP contribution in [-0.4, -0.2) is 21.2 Å². The molecule has 0 unspecified atom stereocenters. The van der Waals surface area contributed by atoms with Crippen LogP contribution in [0.15, 0.2) is 45.8 Å². The maximum absolute atomic E-state index is 10.5. The van der Waals surface area contributed by atoms with Crippen molar-refractivity contribution in [3.8, 4) is 5.75 Å². The Bertz CT molecular complexity index is 778. The van der Waals surface area contributed by atoms with Gasteiger partial charge in [0.2, 0.25) is 0 Å². The molecule has 0 bridgehead atoms. The topological polar surface area (TPSA) is 132 Å². The number of non-ortho nitro benzene ring substituents is 1. The van der Waals surface area contributed by atoms with Gasteiger partial charge in [-0.2, -0.15) is 0 Å². The summed E-state index contributed by atoms with van der Waals surface area (Å²) in [6, 6.07) is 6.15. The molecule has 0 saturated carbocycles. The van der Waals surface area contributed by atoms with E-state index in [1.54, 1.807) is 0 Å². The molecular weight excluding hydrogens is 294 g/mol. The lowest BCUT2D eigenvalue weighted by Gasteiger charge is -1.97. The number of aromatic hydroxyl groups is 1. The van der Waals surface area contributed by atoms with Gasteiger partial charge in [-0.15, -0.1) is 0 Å². The Balaban J connectivity index is 2.07. The number of phenolic OH excluding ortho intramolecular Hbond substituents is 1. The lowest BCUT2D eigenvalue weighted by Crippen LogP contribution is -1.86.